The van der Waals surface area contributed by atoms with Crippen LogP contribution < -0.4 is 5.32 Å². The average molecular weight is 424 g/mol. The second kappa shape index (κ2) is 9.96. The van der Waals surface area contributed by atoms with Gasteiger partial charge in [0.25, 0.3) is 0 Å². The van der Waals surface area contributed by atoms with Gasteiger partial charge in [0, 0.05) is 30.3 Å². The number of carbonyl (C=O) groups is 1. The zero-order valence-corrected chi connectivity index (χ0v) is 18.5. The van der Waals surface area contributed by atoms with Gasteiger partial charge in [0.1, 0.15) is 0 Å². The first-order valence-electron chi connectivity index (χ1n) is 10.1. The number of rotatable bonds is 9. The van der Waals surface area contributed by atoms with Crippen molar-refractivity contribution in [1.29, 1.82) is 0 Å². The number of aromatic amines is 1. The second-order valence-electron chi connectivity index (χ2n) is 8.18. The monoisotopic (exact) mass is 423 g/mol. The summed E-state index contributed by atoms with van der Waals surface area (Å²) in [6.07, 6.45) is 0.410. The fraction of sp³-hybridized carbons (Fsp3) is 0.333. The van der Waals surface area contributed by atoms with Gasteiger partial charge in [-0.2, -0.15) is 0 Å². The fourth-order valence-electron chi connectivity index (χ4n) is 3.51. The van der Waals surface area contributed by atoms with Crippen molar-refractivity contribution in [2.75, 3.05) is 12.8 Å². The summed E-state index contributed by atoms with van der Waals surface area (Å²) in [6.45, 7) is 4.01. The Labute approximate surface area is 182 Å². The predicted molar refractivity (Wildman–Crippen MR) is 123 cm³/mol. The molecule has 0 radical (unpaired) electrons. The van der Waals surface area contributed by atoms with Crippen molar-refractivity contribution in [2.45, 2.75) is 37.9 Å². The first-order chi connectivity index (χ1) is 14.4. The van der Waals surface area contributed by atoms with Crippen molar-refractivity contribution in [3.63, 3.8) is 0 Å². The molecule has 2 aromatic carbocycles. The normalized spacial score (nSPS) is 12.5. The van der Waals surface area contributed by atoms with Crippen LogP contribution >= 0.6 is 11.8 Å². The van der Waals surface area contributed by atoms with Crippen molar-refractivity contribution in [1.82, 2.24) is 15.3 Å². The number of aromatic nitrogens is 2. The van der Waals surface area contributed by atoms with Gasteiger partial charge in [-0.05, 0) is 11.8 Å². The molecule has 0 saturated carbocycles. The Hall–Kier alpha value is -2.57. The van der Waals surface area contributed by atoms with E-state index in [1.165, 1.54) is 11.8 Å². The highest BCUT2D eigenvalue weighted by Gasteiger charge is 2.25. The van der Waals surface area contributed by atoms with E-state index in [2.05, 4.69) is 22.4 Å². The molecule has 0 aliphatic rings. The van der Waals surface area contributed by atoms with Crippen LogP contribution in [0.15, 0.2) is 65.8 Å². The van der Waals surface area contributed by atoms with E-state index < -0.39 is 6.10 Å². The number of aliphatic hydroxyl groups is 1. The quantitative estimate of drug-likeness (QED) is 0.434. The van der Waals surface area contributed by atoms with Crippen molar-refractivity contribution >= 4 is 17.7 Å². The van der Waals surface area contributed by atoms with Crippen molar-refractivity contribution in [2.24, 2.45) is 5.41 Å². The fourth-order valence-corrected chi connectivity index (χ4v) is 4.30. The molecule has 3 rings (SSSR count). The average Bonchev–Trinajstić information content (AvgIpc) is 3.17. The topological polar surface area (TPSA) is 78.0 Å². The number of imidazole rings is 1. The summed E-state index contributed by atoms with van der Waals surface area (Å²) in [4.78, 5) is 19.9. The lowest BCUT2D eigenvalue weighted by molar-refractivity contribution is -0.122. The highest BCUT2D eigenvalue weighted by molar-refractivity contribution is 7.99. The maximum absolute atomic E-state index is 11.7. The SMILES string of the molecule is CNC(=O)CC(C)(C)CC(O)CSc1nc(-c2ccccc2)c(-c2ccccc2)[nH]1. The van der Waals surface area contributed by atoms with Gasteiger partial charge in [0.05, 0.1) is 17.5 Å². The first kappa shape index (κ1) is 22.1. The van der Waals surface area contributed by atoms with Crippen LogP contribution in [0.25, 0.3) is 22.5 Å². The molecule has 1 heterocycles. The standard InChI is InChI=1S/C24H29N3O2S/c1-24(2,15-20(29)25-3)14-19(28)16-30-23-26-21(17-10-6-4-7-11-17)22(27-23)18-12-8-5-9-13-18/h4-13,19,28H,14-16H2,1-3H3,(H,25,29)(H,26,27). The number of nitrogens with zero attached hydrogens (tertiary/aromatic N) is 1. The molecule has 1 unspecified atom stereocenters. The Bertz CT molecular complexity index is 898. The Balaban J connectivity index is 1.74. The molecule has 0 fully saturated rings. The number of hydrogen-bond acceptors (Lipinski definition) is 4. The highest BCUT2D eigenvalue weighted by atomic mass is 32.2. The van der Waals surface area contributed by atoms with E-state index in [4.69, 9.17) is 4.98 Å². The number of thioether (sulfide) groups is 1. The summed E-state index contributed by atoms with van der Waals surface area (Å²) >= 11 is 1.50. The third-order valence-corrected chi connectivity index (χ3v) is 5.93. The van der Waals surface area contributed by atoms with Gasteiger partial charge in [0.15, 0.2) is 5.16 Å². The molecule has 3 aromatic rings. The number of H-pyrrole nitrogens is 1. The van der Waals surface area contributed by atoms with Gasteiger partial charge in [-0.1, -0.05) is 86.3 Å². The highest BCUT2D eigenvalue weighted by Crippen LogP contribution is 2.34. The molecule has 0 aliphatic heterocycles. The molecule has 0 aliphatic carbocycles. The summed E-state index contributed by atoms with van der Waals surface area (Å²) in [5.74, 6) is 0.499. The van der Waals surface area contributed by atoms with E-state index in [1.54, 1.807) is 7.05 Å². The number of amides is 1. The van der Waals surface area contributed by atoms with Crippen molar-refractivity contribution in [3.05, 3.63) is 60.7 Å². The summed E-state index contributed by atoms with van der Waals surface area (Å²) in [7, 11) is 1.64. The molecule has 0 saturated heterocycles. The third-order valence-electron chi connectivity index (χ3n) is 4.91. The minimum atomic E-state index is -0.528. The zero-order chi connectivity index (χ0) is 21.6. The van der Waals surface area contributed by atoms with Crippen LogP contribution in [0.2, 0.25) is 0 Å². The number of hydrogen-bond donors (Lipinski definition) is 3. The first-order valence-corrected chi connectivity index (χ1v) is 11.1. The molecule has 158 valence electrons. The molecule has 30 heavy (non-hydrogen) atoms. The lowest BCUT2D eigenvalue weighted by Gasteiger charge is -2.26. The Morgan fingerprint density at radius 3 is 2.30 bits per heavy atom. The van der Waals surface area contributed by atoms with Gasteiger partial charge in [0.2, 0.25) is 5.91 Å². The molecule has 0 spiro atoms. The summed E-state index contributed by atoms with van der Waals surface area (Å²) in [6, 6.07) is 20.2. The van der Waals surface area contributed by atoms with E-state index in [-0.39, 0.29) is 11.3 Å². The minimum Gasteiger partial charge on any atom is -0.392 e. The maximum Gasteiger partial charge on any atom is 0.220 e. The molecule has 1 aromatic heterocycles. The van der Waals surface area contributed by atoms with Gasteiger partial charge in [-0.25, -0.2) is 4.98 Å². The molecule has 1 amide bonds. The maximum atomic E-state index is 11.7. The molecular weight excluding hydrogens is 394 g/mol. The van der Waals surface area contributed by atoms with E-state index in [0.29, 0.717) is 18.6 Å². The van der Waals surface area contributed by atoms with Gasteiger partial charge in [-0.3, -0.25) is 4.79 Å². The van der Waals surface area contributed by atoms with E-state index in [0.717, 1.165) is 27.7 Å². The summed E-state index contributed by atoms with van der Waals surface area (Å²) in [5.41, 5.74) is 3.72. The van der Waals surface area contributed by atoms with Crippen LogP contribution in [-0.4, -0.2) is 39.9 Å². The van der Waals surface area contributed by atoms with Crippen molar-refractivity contribution < 1.29 is 9.90 Å². The summed E-state index contributed by atoms with van der Waals surface area (Å²) in [5, 5.41) is 14.0. The van der Waals surface area contributed by atoms with Crippen LogP contribution in [0.3, 0.4) is 0 Å². The van der Waals surface area contributed by atoms with Gasteiger partial charge in [-0.15, -0.1) is 0 Å². The predicted octanol–water partition coefficient (Wildman–Crippen LogP) is 4.75. The minimum absolute atomic E-state index is 0.00843. The molecular formula is C24H29N3O2S. The molecule has 3 N–H and O–H groups in total. The molecule has 5 nitrogen and oxygen atoms in total. The van der Waals surface area contributed by atoms with E-state index in [1.807, 2.05) is 62.4 Å². The smallest absolute Gasteiger partial charge is 0.220 e. The Morgan fingerprint density at radius 2 is 1.70 bits per heavy atom. The van der Waals surface area contributed by atoms with Crippen LogP contribution in [-0.2, 0) is 4.79 Å². The second-order valence-corrected chi connectivity index (χ2v) is 9.19. The number of carbonyl (C=O) groups excluding carboxylic acids is 1. The molecule has 1 atom stereocenters. The Morgan fingerprint density at radius 1 is 1.10 bits per heavy atom. The lowest BCUT2D eigenvalue weighted by Crippen LogP contribution is -2.29. The van der Waals surface area contributed by atoms with E-state index >= 15 is 0 Å². The van der Waals surface area contributed by atoms with Crippen LogP contribution in [0, 0.1) is 5.41 Å². The van der Waals surface area contributed by atoms with Crippen molar-refractivity contribution in [3.8, 4) is 22.5 Å². The molecule has 6 heteroatoms. The number of nitrogens with one attached hydrogen (secondary N) is 2. The van der Waals surface area contributed by atoms with Gasteiger partial charge < -0.3 is 15.4 Å². The van der Waals surface area contributed by atoms with Crippen LogP contribution in [0.1, 0.15) is 26.7 Å². The largest absolute Gasteiger partial charge is 0.392 e. The Kier molecular flexibility index (Phi) is 7.34. The third kappa shape index (κ3) is 5.97. The summed E-state index contributed by atoms with van der Waals surface area (Å²) < 4.78 is 0. The van der Waals surface area contributed by atoms with Gasteiger partial charge >= 0.3 is 0 Å². The lowest BCUT2D eigenvalue weighted by atomic mass is 9.83. The number of aliphatic hydroxyl groups excluding tert-OH is 1. The number of benzene rings is 2. The molecule has 0 bridgehead atoms. The zero-order valence-electron chi connectivity index (χ0n) is 17.7. The van der Waals surface area contributed by atoms with E-state index in [9.17, 15) is 9.90 Å². The van der Waals surface area contributed by atoms with Crippen LogP contribution in [0.5, 0.6) is 0 Å². The van der Waals surface area contributed by atoms with Crippen LogP contribution in [0.4, 0.5) is 0 Å².